The molecule has 0 spiro atoms. The molecule has 0 heterocycles. The van der Waals surface area contributed by atoms with E-state index in [2.05, 4.69) is 24.3 Å². The van der Waals surface area contributed by atoms with Crippen LogP contribution in [0.2, 0.25) is 0 Å². The third kappa shape index (κ3) is 4.13. The number of carbonyl (C=O) groups excluding carboxylic acids is 1. The molecule has 1 fully saturated rings. The van der Waals surface area contributed by atoms with Crippen LogP contribution in [0.3, 0.4) is 0 Å². The summed E-state index contributed by atoms with van der Waals surface area (Å²) in [4.78, 5) is 25.7. The molecular formula is C22H25NO3. The van der Waals surface area contributed by atoms with Crippen molar-refractivity contribution in [2.75, 3.05) is 7.05 Å². The number of rotatable bonds is 5. The van der Waals surface area contributed by atoms with Crippen LogP contribution in [0.1, 0.15) is 31.2 Å². The van der Waals surface area contributed by atoms with Gasteiger partial charge in [-0.1, -0.05) is 54.6 Å². The van der Waals surface area contributed by atoms with Crippen molar-refractivity contribution < 1.29 is 14.7 Å². The lowest BCUT2D eigenvalue weighted by atomic mass is 9.81. The highest BCUT2D eigenvalue weighted by atomic mass is 16.4. The predicted molar refractivity (Wildman–Crippen MR) is 101 cm³/mol. The Hall–Kier alpha value is -2.62. The summed E-state index contributed by atoms with van der Waals surface area (Å²) >= 11 is 0. The molecule has 3 rings (SSSR count). The molecule has 2 aromatic rings. The molecule has 1 aliphatic rings. The van der Waals surface area contributed by atoms with Crippen molar-refractivity contribution in [1.82, 2.24) is 4.90 Å². The van der Waals surface area contributed by atoms with Crippen LogP contribution in [0.4, 0.5) is 0 Å². The average Bonchev–Trinajstić information content (AvgIpc) is 2.68. The van der Waals surface area contributed by atoms with Gasteiger partial charge in [-0.3, -0.25) is 9.59 Å². The fraction of sp³-hybridized carbons (Fsp3) is 0.364. The molecule has 2 aromatic carbocycles. The van der Waals surface area contributed by atoms with Crippen molar-refractivity contribution in [3.63, 3.8) is 0 Å². The molecule has 0 unspecified atom stereocenters. The molecule has 0 bridgehead atoms. The molecule has 136 valence electrons. The van der Waals surface area contributed by atoms with Crippen LogP contribution < -0.4 is 0 Å². The minimum atomic E-state index is -0.735. The van der Waals surface area contributed by atoms with Crippen molar-refractivity contribution >= 4 is 11.9 Å². The van der Waals surface area contributed by atoms with Gasteiger partial charge in [0, 0.05) is 19.5 Å². The third-order valence-corrected chi connectivity index (χ3v) is 5.31. The highest BCUT2D eigenvalue weighted by Gasteiger charge is 2.31. The van der Waals surface area contributed by atoms with Crippen LogP contribution in [-0.2, 0) is 16.1 Å². The smallest absolute Gasteiger partial charge is 0.306 e. The molecule has 1 amide bonds. The van der Waals surface area contributed by atoms with E-state index in [-0.39, 0.29) is 17.7 Å². The number of amides is 1. The fourth-order valence-corrected chi connectivity index (χ4v) is 3.79. The van der Waals surface area contributed by atoms with Crippen molar-refractivity contribution in [1.29, 1.82) is 0 Å². The predicted octanol–water partition coefficient (Wildman–Crippen LogP) is 4.20. The average molecular weight is 351 g/mol. The van der Waals surface area contributed by atoms with E-state index < -0.39 is 5.97 Å². The lowest BCUT2D eigenvalue weighted by molar-refractivity contribution is -0.145. The van der Waals surface area contributed by atoms with E-state index in [1.807, 2.05) is 37.4 Å². The summed E-state index contributed by atoms with van der Waals surface area (Å²) in [6.45, 7) is 0.558. The molecule has 4 heteroatoms. The Morgan fingerprint density at radius 2 is 1.50 bits per heavy atom. The molecular weight excluding hydrogens is 326 g/mol. The Balaban J connectivity index is 1.68. The van der Waals surface area contributed by atoms with E-state index in [1.165, 1.54) is 0 Å². The van der Waals surface area contributed by atoms with Gasteiger partial charge in [0.2, 0.25) is 5.91 Å². The maximum atomic E-state index is 12.8. The lowest BCUT2D eigenvalue weighted by Gasteiger charge is -2.29. The second-order valence-corrected chi connectivity index (χ2v) is 7.10. The number of hydrogen-bond donors (Lipinski definition) is 1. The number of carboxylic acid groups (broad SMARTS) is 1. The first kappa shape index (κ1) is 18.2. The zero-order chi connectivity index (χ0) is 18.5. The zero-order valence-electron chi connectivity index (χ0n) is 15.1. The number of hydrogen-bond acceptors (Lipinski definition) is 2. The van der Waals surface area contributed by atoms with Gasteiger partial charge in [0.15, 0.2) is 0 Å². The van der Waals surface area contributed by atoms with Gasteiger partial charge in [0.05, 0.1) is 5.92 Å². The molecule has 1 N–H and O–H groups in total. The quantitative estimate of drug-likeness (QED) is 0.878. The van der Waals surface area contributed by atoms with E-state index in [0.717, 1.165) is 16.7 Å². The number of benzene rings is 2. The summed E-state index contributed by atoms with van der Waals surface area (Å²) in [7, 11) is 1.84. The van der Waals surface area contributed by atoms with Gasteiger partial charge in [0.25, 0.3) is 0 Å². The van der Waals surface area contributed by atoms with E-state index in [4.69, 9.17) is 5.11 Å². The summed E-state index contributed by atoms with van der Waals surface area (Å²) in [6, 6.07) is 18.3. The fourth-order valence-electron chi connectivity index (χ4n) is 3.79. The molecule has 0 saturated heterocycles. The van der Waals surface area contributed by atoms with Gasteiger partial charge in [-0.25, -0.2) is 0 Å². The number of aliphatic carboxylic acids is 1. The lowest BCUT2D eigenvalue weighted by Crippen LogP contribution is -2.35. The second-order valence-electron chi connectivity index (χ2n) is 7.10. The molecule has 26 heavy (non-hydrogen) atoms. The van der Waals surface area contributed by atoms with Crippen LogP contribution in [0.15, 0.2) is 54.6 Å². The van der Waals surface area contributed by atoms with Crippen LogP contribution in [0.5, 0.6) is 0 Å². The number of nitrogens with zero attached hydrogens (tertiary/aromatic N) is 1. The Kier molecular flexibility index (Phi) is 5.71. The number of carbonyl (C=O) groups is 2. The molecule has 4 nitrogen and oxygen atoms in total. The van der Waals surface area contributed by atoms with Crippen molar-refractivity contribution in [3.05, 3.63) is 60.2 Å². The monoisotopic (exact) mass is 351 g/mol. The Morgan fingerprint density at radius 3 is 2.15 bits per heavy atom. The van der Waals surface area contributed by atoms with Crippen molar-refractivity contribution in [2.45, 2.75) is 32.2 Å². The van der Waals surface area contributed by atoms with Crippen LogP contribution >= 0.6 is 0 Å². The first-order chi connectivity index (χ1) is 12.6. The van der Waals surface area contributed by atoms with Gasteiger partial charge in [-0.15, -0.1) is 0 Å². The zero-order valence-corrected chi connectivity index (χ0v) is 15.1. The maximum Gasteiger partial charge on any atom is 0.306 e. The molecule has 1 saturated carbocycles. The van der Waals surface area contributed by atoms with Crippen LogP contribution in [-0.4, -0.2) is 28.9 Å². The van der Waals surface area contributed by atoms with E-state index >= 15 is 0 Å². The summed E-state index contributed by atoms with van der Waals surface area (Å²) in [5.41, 5.74) is 3.40. The summed E-state index contributed by atoms with van der Waals surface area (Å²) < 4.78 is 0. The normalized spacial score (nSPS) is 19.7. The first-order valence-electron chi connectivity index (χ1n) is 9.17. The second kappa shape index (κ2) is 8.17. The Labute approximate surface area is 154 Å². The van der Waals surface area contributed by atoms with Gasteiger partial charge < -0.3 is 10.0 Å². The van der Waals surface area contributed by atoms with E-state index in [0.29, 0.717) is 32.2 Å². The Morgan fingerprint density at radius 1 is 0.923 bits per heavy atom. The molecule has 0 radical (unpaired) electrons. The van der Waals surface area contributed by atoms with Gasteiger partial charge >= 0.3 is 5.97 Å². The molecule has 1 aliphatic carbocycles. The SMILES string of the molecule is CN(Cc1ccccc1-c1ccccc1)C(=O)C1CCC(C(=O)O)CC1. The Bertz CT molecular complexity index is 764. The number of carboxylic acids is 1. The molecule has 0 aromatic heterocycles. The van der Waals surface area contributed by atoms with E-state index in [9.17, 15) is 9.59 Å². The van der Waals surface area contributed by atoms with Crippen LogP contribution in [0, 0.1) is 11.8 Å². The highest BCUT2D eigenvalue weighted by Crippen LogP contribution is 2.31. The maximum absolute atomic E-state index is 12.8. The topological polar surface area (TPSA) is 57.6 Å². The van der Waals surface area contributed by atoms with Gasteiger partial charge in [-0.2, -0.15) is 0 Å². The minimum Gasteiger partial charge on any atom is -0.481 e. The highest BCUT2D eigenvalue weighted by molar-refractivity contribution is 5.79. The standard InChI is InChI=1S/C22H25NO3/c1-23(21(24)17-11-13-18(14-12-17)22(25)26)15-19-9-5-6-10-20(19)16-7-3-2-4-8-16/h2-10,17-18H,11-15H2,1H3,(H,25,26). The largest absolute Gasteiger partial charge is 0.481 e. The molecule has 0 aliphatic heterocycles. The minimum absolute atomic E-state index is 0.0560. The van der Waals surface area contributed by atoms with Crippen molar-refractivity contribution in [3.8, 4) is 11.1 Å². The van der Waals surface area contributed by atoms with Crippen molar-refractivity contribution in [2.24, 2.45) is 11.8 Å². The third-order valence-electron chi connectivity index (χ3n) is 5.31. The van der Waals surface area contributed by atoms with Gasteiger partial charge in [0.1, 0.15) is 0 Å². The summed E-state index contributed by atoms with van der Waals surface area (Å²) in [5, 5.41) is 9.11. The first-order valence-corrected chi connectivity index (χ1v) is 9.17. The van der Waals surface area contributed by atoms with Crippen LogP contribution in [0.25, 0.3) is 11.1 Å². The summed E-state index contributed by atoms with van der Waals surface area (Å²) in [5.74, 6) is -0.958. The molecule has 0 atom stereocenters. The van der Waals surface area contributed by atoms with E-state index in [1.54, 1.807) is 4.90 Å². The summed E-state index contributed by atoms with van der Waals surface area (Å²) in [6.07, 6.45) is 2.53. The van der Waals surface area contributed by atoms with Gasteiger partial charge in [-0.05, 0) is 42.4 Å².